The summed E-state index contributed by atoms with van der Waals surface area (Å²) in [4.78, 5) is 13.6. The Balaban J connectivity index is 2.44. The van der Waals surface area contributed by atoms with Gasteiger partial charge in [0.1, 0.15) is 0 Å². The topological polar surface area (TPSA) is 49.8 Å². The lowest BCUT2D eigenvalue weighted by Gasteiger charge is -2.34. The molecule has 0 aromatic rings. The minimum atomic E-state index is -0.532. The molecule has 88 valence electrons. The van der Waals surface area contributed by atoms with E-state index in [2.05, 4.69) is 16.6 Å². The van der Waals surface area contributed by atoms with E-state index in [0.717, 1.165) is 25.9 Å². The zero-order valence-electron chi connectivity index (χ0n) is 9.61. The van der Waals surface area contributed by atoms with Crippen LogP contribution in [0.15, 0.2) is 0 Å². The fraction of sp³-hybridized carbons (Fsp3) is 0.909. The summed E-state index contributed by atoms with van der Waals surface area (Å²) in [7, 11) is 1.38. The first-order chi connectivity index (χ1) is 7.19. The van der Waals surface area contributed by atoms with Crippen LogP contribution in [0.4, 0.5) is 0 Å². The maximum Gasteiger partial charge on any atom is 0.312 e. The Hall–Kier alpha value is -0.610. The first-order valence-corrected chi connectivity index (χ1v) is 5.67. The second-order valence-corrected chi connectivity index (χ2v) is 4.14. The molecule has 0 spiro atoms. The van der Waals surface area contributed by atoms with Gasteiger partial charge in [-0.25, -0.2) is 0 Å². The second kappa shape index (κ2) is 6.08. The molecule has 0 radical (unpaired) electrons. The van der Waals surface area contributed by atoms with Crippen molar-refractivity contribution in [1.29, 1.82) is 0 Å². The lowest BCUT2D eigenvalue weighted by Crippen LogP contribution is -2.47. The molecule has 0 saturated carbocycles. The summed E-state index contributed by atoms with van der Waals surface area (Å²) in [5.74, 6) is -0.649. The molecule has 0 aliphatic carbocycles. The van der Waals surface area contributed by atoms with E-state index in [-0.39, 0.29) is 11.9 Å². The van der Waals surface area contributed by atoms with Crippen LogP contribution in [-0.2, 0) is 9.53 Å². The predicted octanol–water partition coefficient (Wildman–Crippen LogP) is 0.642. The number of esters is 1. The van der Waals surface area contributed by atoms with E-state index in [1.165, 1.54) is 7.11 Å². The van der Waals surface area contributed by atoms with Gasteiger partial charge in [0.25, 0.3) is 0 Å². The zero-order valence-corrected chi connectivity index (χ0v) is 9.61. The molecule has 1 heterocycles. The monoisotopic (exact) mass is 215 g/mol. The molecule has 0 bridgehead atoms. The summed E-state index contributed by atoms with van der Waals surface area (Å²) in [5, 5.41) is 9.69. The maximum absolute atomic E-state index is 11.4. The third-order valence-electron chi connectivity index (χ3n) is 2.99. The van der Waals surface area contributed by atoms with Crippen LogP contribution in [0.3, 0.4) is 0 Å². The van der Waals surface area contributed by atoms with Gasteiger partial charge in [-0.05, 0) is 19.4 Å². The van der Waals surface area contributed by atoms with Gasteiger partial charge in [-0.3, -0.25) is 4.79 Å². The number of ether oxygens (including phenoxy) is 1. The highest BCUT2D eigenvalue weighted by molar-refractivity contribution is 5.73. The molecule has 0 unspecified atom stereocenters. The van der Waals surface area contributed by atoms with E-state index in [9.17, 15) is 9.90 Å². The van der Waals surface area contributed by atoms with Crippen LogP contribution in [-0.4, -0.2) is 48.8 Å². The molecule has 1 N–H and O–H groups in total. The molecule has 1 fully saturated rings. The summed E-state index contributed by atoms with van der Waals surface area (Å²) in [6.07, 6.45) is 2.44. The van der Waals surface area contributed by atoms with Gasteiger partial charge in [0.05, 0.1) is 19.1 Å². The zero-order chi connectivity index (χ0) is 11.3. The van der Waals surface area contributed by atoms with Crippen molar-refractivity contribution in [2.24, 2.45) is 5.92 Å². The number of rotatable bonds is 4. The van der Waals surface area contributed by atoms with Gasteiger partial charge in [-0.1, -0.05) is 13.3 Å². The van der Waals surface area contributed by atoms with Gasteiger partial charge >= 0.3 is 5.97 Å². The number of hydrogen-bond donors (Lipinski definition) is 1. The summed E-state index contributed by atoms with van der Waals surface area (Å²) in [5.41, 5.74) is 0. The van der Waals surface area contributed by atoms with Gasteiger partial charge < -0.3 is 14.7 Å². The molecule has 1 saturated heterocycles. The molecule has 4 nitrogen and oxygen atoms in total. The molecule has 1 aliphatic rings. The van der Waals surface area contributed by atoms with Crippen LogP contribution in [0.2, 0.25) is 0 Å². The van der Waals surface area contributed by atoms with Crippen LogP contribution in [0.5, 0.6) is 0 Å². The summed E-state index contributed by atoms with van der Waals surface area (Å²) >= 11 is 0. The summed E-state index contributed by atoms with van der Waals surface area (Å²) < 4.78 is 4.69. The first-order valence-electron chi connectivity index (χ1n) is 5.67. The van der Waals surface area contributed by atoms with Crippen LogP contribution in [0.25, 0.3) is 0 Å². The van der Waals surface area contributed by atoms with Crippen molar-refractivity contribution in [3.63, 3.8) is 0 Å². The predicted molar refractivity (Wildman–Crippen MR) is 57.5 cm³/mol. The Morgan fingerprint density at radius 1 is 1.60 bits per heavy atom. The Morgan fingerprint density at radius 3 is 2.93 bits per heavy atom. The molecule has 0 amide bonds. The minimum absolute atomic E-state index is 0.288. The highest BCUT2D eigenvalue weighted by Crippen LogP contribution is 2.18. The number of carbonyl (C=O) groups excluding carboxylic acids is 1. The number of methoxy groups -OCH3 is 1. The van der Waals surface area contributed by atoms with E-state index < -0.39 is 6.10 Å². The van der Waals surface area contributed by atoms with E-state index in [4.69, 9.17) is 0 Å². The van der Waals surface area contributed by atoms with Crippen molar-refractivity contribution >= 4 is 5.97 Å². The number of unbranched alkanes of at least 4 members (excludes halogenated alkanes) is 1. The Morgan fingerprint density at radius 2 is 2.33 bits per heavy atom. The molecule has 1 aliphatic heterocycles. The van der Waals surface area contributed by atoms with Gasteiger partial charge in [-0.15, -0.1) is 0 Å². The standard InChI is InChI=1S/C11H21NO3/c1-3-4-6-12-7-5-10(13)9(8-12)11(14)15-2/h9-10,13H,3-8H2,1-2H3/t9-,10+/m1/s1. The van der Waals surface area contributed by atoms with Gasteiger partial charge in [0, 0.05) is 13.1 Å². The van der Waals surface area contributed by atoms with Crippen molar-refractivity contribution in [1.82, 2.24) is 4.90 Å². The third-order valence-corrected chi connectivity index (χ3v) is 2.99. The van der Waals surface area contributed by atoms with Crippen molar-refractivity contribution in [2.75, 3.05) is 26.7 Å². The summed E-state index contributed by atoms with van der Waals surface area (Å²) in [6, 6.07) is 0. The second-order valence-electron chi connectivity index (χ2n) is 4.14. The smallest absolute Gasteiger partial charge is 0.312 e. The summed E-state index contributed by atoms with van der Waals surface area (Å²) in [6.45, 7) is 4.68. The van der Waals surface area contributed by atoms with Gasteiger partial charge in [-0.2, -0.15) is 0 Å². The van der Waals surface area contributed by atoms with Crippen molar-refractivity contribution < 1.29 is 14.6 Å². The lowest BCUT2D eigenvalue weighted by molar-refractivity contribution is -0.152. The van der Waals surface area contributed by atoms with Crippen LogP contribution in [0.1, 0.15) is 26.2 Å². The fourth-order valence-electron chi connectivity index (χ4n) is 1.97. The minimum Gasteiger partial charge on any atom is -0.469 e. The Labute approximate surface area is 91.2 Å². The van der Waals surface area contributed by atoms with Crippen LogP contribution in [0, 0.1) is 5.92 Å². The number of hydrogen-bond acceptors (Lipinski definition) is 4. The molecular weight excluding hydrogens is 194 g/mol. The average molecular weight is 215 g/mol. The van der Waals surface area contributed by atoms with E-state index in [0.29, 0.717) is 13.0 Å². The third kappa shape index (κ3) is 3.47. The number of aliphatic hydroxyl groups excluding tert-OH is 1. The maximum atomic E-state index is 11.4. The SMILES string of the molecule is CCCCN1CC[C@H](O)[C@H](C(=O)OC)C1. The van der Waals surface area contributed by atoms with E-state index in [1.54, 1.807) is 0 Å². The number of nitrogens with zero attached hydrogens (tertiary/aromatic N) is 1. The molecule has 1 rings (SSSR count). The molecule has 15 heavy (non-hydrogen) atoms. The number of aliphatic hydroxyl groups is 1. The highest BCUT2D eigenvalue weighted by atomic mass is 16.5. The molecular formula is C11H21NO3. The molecule has 4 heteroatoms. The van der Waals surface area contributed by atoms with E-state index >= 15 is 0 Å². The number of carbonyl (C=O) groups is 1. The quantitative estimate of drug-likeness (QED) is 0.699. The Bertz CT molecular complexity index is 206. The van der Waals surface area contributed by atoms with Crippen molar-refractivity contribution in [2.45, 2.75) is 32.3 Å². The van der Waals surface area contributed by atoms with Crippen molar-refractivity contribution in [3.8, 4) is 0 Å². The highest BCUT2D eigenvalue weighted by Gasteiger charge is 2.33. The normalized spacial score (nSPS) is 27.7. The molecule has 0 aromatic carbocycles. The first kappa shape index (κ1) is 12.5. The van der Waals surface area contributed by atoms with Gasteiger partial charge in [0.2, 0.25) is 0 Å². The lowest BCUT2D eigenvalue weighted by atomic mass is 9.94. The largest absolute Gasteiger partial charge is 0.469 e. The Kier molecular flexibility index (Phi) is 5.05. The van der Waals surface area contributed by atoms with Crippen LogP contribution >= 0.6 is 0 Å². The molecule has 0 aromatic heterocycles. The van der Waals surface area contributed by atoms with Gasteiger partial charge in [0.15, 0.2) is 0 Å². The molecule has 2 atom stereocenters. The van der Waals surface area contributed by atoms with Crippen LogP contribution < -0.4 is 0 Å². The van der Waals surface area contributed by atoms with Crippen molar-refractivity contribution in [3.05, 3.63) is 0 Å². The fourth-order valence-corrected chi connectivity index (χ4v) is 1.97. The number of likely N-dealkylation sites (tertiary alicyclic amines) is 1. The van der Waals surface area contributed by atoms with E-state index in [1.807, 2.05) is 0 Å². The average Bonchev–Trinajstić information content (AvgIpc) is 2.27. The number of piperidine rings is 1.